The molecule has 0 N–H and O–H groups in total. The molecule has 1 saturated heterocycles. The van der Waals surface area contributed by atoms with Crippen LogP contribution in [0.4, 0.5) is 0 Å². The number of methoxy groups -OCH3 is 1. The Hall–Kier alpha value is -2.37. The summed E-state index contributed by atoms with van der Waals surface area (Å²) in [4.78, 5) is 18.4. The first-order valence-electron chi connectivity index (χ1n) is 7.87. The Kier molecular flexibility index (Phi) is 4.60. The second-order valence-corrected chi connectivity index (χ2v) is 5.80. The Morgan fingerprint density at radius 2 is 2.26 bits per heavy atom. The average Bonchev–Trinajstić information content (AvgIpc) is 3.21. The first-order valence-corrected chi connectivity index (χ1v) is 7.87. The van der Waals surface area contributed by atoms with E-state index in [1.165, 1.54) is 5.56 Å². The van der Waals surface area contributed by atoms with Crippen LogP contribution >= 0.6 is 0 Å². The molecule has 0 bridgehead atoms. The third-order valence-corrected chi connectivity index (χ3v) is 4.24. The molecule has 0 spiro atoms. The average molecular weight is 315 g/mol. The molecule has 1 aromatic heterocycles. The summed E-state index contributed by atoms with van der Waals surface area (Å²) in [7, 11) is 1.68. The number of aromatic nitrogens is 2. The van der Waals surface area contributed by atoms with Gasteiger partial charge in [0.15, 0.2) is 5.82 Å². The van der Waals surface area contributed by atoms with E-state index in [2.05, 4.69) is 16.2 Å². The van der Waals surface area contributed by atoms with Gasteiger partial charge in [0.25, 0.3) is 0 Å². The molecular formula is C17H21N3O3. The standard InChI is InChI=1S/C17H21N3O3/c1-12-18-16(23-19-12)7-8-17(21)20-10-9-13(11-20)14-5-3-4-6-15(14)22-2/h3-6,13H,7-11H2,1-2H3. The van der Waals surface area contributed by atoms with Crippen LogP contribution in [-0.2, 0) is 11.2 Å². The lowest BCUT2D eigenvalue weighted by Gasteiger charge is -2.17. The van der Waals surface area contributed by atoms with E-state index in [4.69, 9.17) is 9.26 Å². The van der Waals surface area contributed by atoms with Crippen molar-refractivity contribution < 1.29 is 14.1 Å². The van der Waals surface area contributed by atoms with Gasteiger partial charge in [-0.05, 0) is 25.0 Å². The Balaban J connectivity index is 1.57. The van der Waals surface area contributed by atoms with Gasteiger partial charge in [-0.15, -0.1) is 0 Å². The number of carbonyl (C=O) groups excluding carboxylic acids is 1. The molecule has 2 aromatic rings. The zero-order valence-electron chi connectivity index (χ0n) is 13.5. The summed E-state index contributed by atoms with van der Waals surface area (Å²) >= 11 is 0. The molecule has 1 atom stereocenters. The van der Waals surface area contributed by atoms with E-state index >= 15 is 0 Å². The lowest BCUT2D eigenvalue weighted by molar-refractivity contribution is -0.130. The first-order chi connectivity index (χ1) is 11.2. The van der Waals surface area contributed by atoms with Crippen LogP contribution in [0.1, 0.15) is 36.0 Å². The maximum absolute atomic E-state index is 12.4. The predicted octanol–water partition coefficient (Wildman–Crippen LogP) is 2.34. The van der Waals surface area contributed by atoms with Gasteiger partial charge < -0.3 is 14.2 Å². The van der Waals surface area contributed by atoms with Crippen molar-refractivity contribution in [3.63, 3.8) is 0 Å². The monoisotopic (exact) mass is 315 g/mol. The van der Waals surface area contributed by atoms with E-state index in [0.29, 0.717) is 30.5 Å². The third-order valence-electron chi connectivity index (χ3n) is 4.24. The lowest BCUT2D eigenvalue weighted by Crippen LogP contribution is -2.28. The Bertz CT molecular complexity index is 683. The number of nitrogens with zero attached hydrogens (tertiary/aromatic N) is 3. The highest BCUT2D eigenvalue weighted by Crippen LogP contribution is 2.33. The van der Waals surface area contributed by atoms with Crippen LogP contribution in [0.5, 0.6) is 5.75 Å². The van der Waals surface area contributed by atoms with Crippen molar-refractivity contribution in [3.05, 3.63) is 41.5 Å². The minimum Gasteiger partial charge on any atom is -0.496 e. The third kappa shape index (κ3) is 3.52. The van der Waals surface area contributed by atoms with Crippen molar-refractivity contribution in [3.8, 4) is 5.75 Å². The number of benzene rings is 1. The quantitative estimate of drug-likeness (QED) is 0.847. The lowest BCUT2D eigenvalue weighted by atomic mass is 9.97. The van der Waals surface area contributed by atoms with E-state index in [9.17, 15) is 4.79 Å². The van der Waals surface area contributed by atoms with Crippen molar-refractivity contribution in [2.75, 3.05) is 20.2 Å². The van der Waals surface area contributed by atoms with Gasteiger partial charge >= 0.3 is 0 Å². The number of hydrogen-bond acceptors (Lipinski definition) is 5. The van der Waals surface area contributed by atoms with Crippen molar-refractivity contribution >= 4 is 5.91 Å². The van der Waals surface area contributed by atoms with Gasteiger partial charge in [-0.2, -0.15) is 4.98 Å². The Labute approximate surface area is 135 Å². The zero-order chi connectivity index (χ0) is 16.2. The molecule has 0 aliphatic carbocycles. The number of para-hydroxylation sites is 1. The predicted molar refractivity (Wildman–Crippen MR) is 84.3 cm³/mol. The van der Waals surface area contributed by atoms with Gasteiger partial charge in [-0.3, -0.25) is 4.79 Å². The normalized spacial score (nSPS) is 17.5. The SMILES string of the molecule is COc1ccccc1C1CCN(C(=O)CCc2nc(C)no2)C1. The largest absolute Gasteiger partial charge is 0.496 e. The highest BCUT2D eigenvalue weighted by atomic mass is 16.5. The van der Waals surface area contributed by atoms with Crippen LogP contribution < -0.4 is 4.74 Å². The molecule has 1 fully saturated rings. The molecule has 122 valence electrons. The summed E-state index contributed by atoms with van der Waals surface area (Å²) < 4.78 is 10.5. The Morgan fingerprint density at radius 3 is 3.00 bits per heavy atom. The number of hydrogen-bond donors (Lipinski definition) is 0. The highest BCUT2D eigenvalue weighted by Gasteiger charge is 2.28. The fourth-order valence-electron chi connectivity index (χ4n) is 3.06. The summed E-state index contributed by atoms with van der Waals surface area (Å²) in [6.07, 6.45) is 1.86. The molecule has 0 radical (unpaired) electrons. The number of amides is 1. The molecule has 23 heavy (non-hydrogen) atoms. The summed E-state index contributed by atoms with van der Waals surface area (Å²) in [6.45, 7) is 3.29. The van der Waals surface area contributed by atoms with Gasteiger partial charge in [0.2, 0.25) is 11.8 Å². The maximum Gasteiger partial charge on any atom is 0.227 e. The topological polar surface area (TPSA) is 68.5 Å². The van der Waals surface area contributed by atoms with Crippen LogP contribution in [0.2, 0.25) is 0 Å². The van der Waals surface area contributed by atoms with E-state index in [1.54, 1.807) is 14.0 Å². The van der Waals surface area contributed by atoms with Crippen LogP contribution in [0.15, 0.2) is 28.8 Å². The highest BCUT2D eigenvalue weighted by molar-refractivity contribution is 5.76. The fourth-order valence-corrected chi connectivity index (χ4v) is 3.06. The summed E-state index contributed by atoms with van der Waals surface area (Å²) in [5, 5.41) is 3.74. The molecule has 2 heterocycles. The van der Waals surface area contributed by atoms with Crippen molar-refractivity contribution in [1.29, 1.82) is 0 Å². The summed E-state index contributed by atoms with van der Waals surface area (Å²) in [5.41, 5.74) is 1.18. The second kappa shape index (κ2) is 6.81. The second-order valence-electron chi connectivity index (χ2n) is 5.80. The van der Waals surface area contributed by atoms with Gasteiger partial charge in [0.1, 0.15) is 5.75 Å². The van der Waals surface area contributed by atoms with Crippen molar-refractivity contribution in [2.24, 2.45) is 0 Å². The van der Waals surface area contributed by atoms with E-state index < -0.39 is 0 Å². The molecule has 1 aliphatic heterocycles. The minimum atomic E-state index is 0.137. The van der Waals surface area contributed by atoms with Crippen LogP contribution in [0, 0.1) is 6.92 Å². The number of ether oxygens (including phenoxy) is 1. The molecule has 1 unspecified atom stereocenters. The smallest absolute Gasteiger partial charge is 0.227 e. The summed E-state index contributed by atoms with van der Waals surface area (Å²) in [5.74, 6) is 2.49. The summed E-state index contributed by atoms with van der Waals surface area (Å²) in [6, 6.07) is 8.03. The molecule has 6 nitrogen and oxygen atoms in total. The van der Waals surface area contributed by atoms with E-state index in [-0.39, 0.29) is 5.91 Å². The van der Waals surface area contributed by atoms with E-state index in [0.717, 1.165) is 25.3 Å². The van der Waals surface area contributed by atoms with Gasteiger partial charge in [0, 0.05) is 31.8 Å². The van der Waals surface area contributed by atoms with Gasteiger partial charge in [0.05, 0.1) is 7.11 Å². The zero-order valence-corrected chi connectivity index (χ0v) is 13.5. The number of likely N-dealkylation sites (tertiary alicyclic amines) is 1. The Morgan fingerprint density at radius 1 is 1.43 bits per heavy atom. The van der Waals surface area contributed by atoms with E-state index in [1.807, 2.05) is 23.1 Å². The molecule has 6 heteroatoms. The maximum atomic E-state index is 12.4. The van der Waals surface area contributed by atoms with Crippen LogP contribution in [-0.4, -0.2) is 41.1 Å². The molecule has 3 rings (SSSR count). The first kappa shape index (κ1) is 15.5. The molecule has 1 aliphatic rings. The molecule has 0 saturated carbocycles. The number of carbonyl (C=O) groups is 1. The minimum absolute atomic E-state index is 0.137. The van der Waals surface area contributed by atoms with Crippen LogP contribution in [0.3, 0.4) is 0 Å². The molecule has 1 amide bonds. The number of rotatable bonds is 5. The molecular weight excluding hydrogens is 294 g/mol. The van der Waals surface area contributed by atoms with Gasteiger partial charge in [-0.1, -0.05) is 23.4 Å². The van der Waals surface area contributed by atoms with Gasteiger partial charge in [-0.25, -0.2) is 0 Å². The fraction of sp³-hybridized carbons (Fsp3) is 0.471. The number of aryl methyl sites for hydroxylation is 2. The molecule has 1 aromatic carbocycles. The van der Waals surface area contributed by atoms with Crippen molar-refractivity contribution in [1.82, 2.24) is 15.0 Å². The van der Waals surface area contributed by atoms with Crippen LogP contribution in [0.25, 0.3) is 0 Å². The van der Waals surface area contributed by atoms with Crippen molar-refractivity contribution in [2.45, 2.75) is 32.1 Å².